The summed E-state index contributed by atoms with van der Waals surface area (Å²) in [6.07, 6.45) is 3.67. The number of rotatable bonds is 8. The van der Waals surface area contributed by atoms with Crippen molar-refractivity contribution in [2.75, 3.05) is 14.2 Å². The number of pyridine rings is 1. The summed E-state index contributed by atoms with van der Waals surface area (Å²) in [6, 6.07) is 23.1. The number of methoxy groups -OCH3 is 2. The Labute approximate surface area is 199 Å². The van der Waals surface area contributed by atoms with Crippen molar-refractivity contribution in [2.45, 2.75) is 19.8 Å². The summed E-state index contributed by atoms with van der Waals surface area (Å²) in [4.78, 5) is 17.9. The summed E-state index contributed by atoms with van der Waals surface area (Å²) >= 11 is 0. The first kappa shape index (κ1) is 23.0. The van der Waals surface area contributed by atoms with Gasteiger partial charge in [-0.3, -0.25) is 4.79 Å². The van der Waals surface area contributed by atoms with Gasteiger partial charge in [0.1, 0.15) is 11.5 Å². The van der Waals surface area contributed by atoms with Crippen LogP contribution in [-0.4, -0.2) is 31.3 Å². The largest absolute Gasteiger partial charge is 0.497 e. The number of para-hydroxylation sites is 1. The molecule has 172 valence electrons. The summed E-state index contributed by atoms with van der Waals surface area (Å²) in [5.74, 6) is 0.978. The van der Waals surface area contributed by atoms with Crippen LogP contribution in [-0.2, 0) is 6.42 Å². The van der Waals surface area contributed by atoms with Gasteiger partial charge in [-0.05, 0) is 42.3 Å². The van der Waals surface area contributed by atoms with Crippen molar-refractivity contribution in [3.05, 3.63) is 89.5 Å². The maximum absolute atomic E-state index is 13.1. The maximum atomic E-state index is 13.1. The molecule has 0 bridgehead atoms. The minimum absolute atomic E-state index is 0.319. The highest BCUT2D eigenvalue weighted by Crippen LogP contribution is 2.26. The number of fused-ring (bicyclic) bond motifs is 1. The summed E-state index contributed by atoms with van der Waals surface area (Å²) in [6.45, 7) is 2.16. The Balaban J connectivity index is 1.64. The molecule has 1 aromatic heterocycles. The summed E-state index contributed by atoms with van der Waals surface area (Å²) in [5, 5.41) is 4.93. The van der Waals surface area contributed by atoms with Gasteiger partial charge in [0.15, 0.2) is 0 Å². The lowest BCUT2D eigenvalue weighted by atomic mass is 10.0. The van der Waals surface area contributed by atoms with Crippen molar-refractivity contribution < 1.29 is 14.3 Å². The van der Waals surface area contributed by atoms with Gasteiger partial charge < -0.3 is 9.47 Å². The van der Waals surface area contributed by atoms with Gasteiger partial charge in [0.25, 0.3) is 5.91 Å². The Morgan fingerprint density at radius 1 is 1.00 bits per heavy atom. The summed E-state index contributed by atoms with van der Waals surface area (Å²) in [5.41, 5.74) is 7.58. The molecular weight excluding hydrogens is 426 g/mol. The number of ether oxygens (including phenoxy) is 2. The van der Waals surface area contributed by atoms with E-state index in [1.165, 1.54) is 11.8 Å². The quantitative estimate of drug-likeness (QED) is 0.277. The molecule has 1 heterocycles. The molecule has 0 spiro atoms. The van der Waals surface area contributed by atoms with Gasteiger partial charge in [0, 0.05) is 16.5 Å². The van der Waals surface area contributed by atoms with E-state index >= 15 is 0 Å². The Hall–Kier alpha value is -4.19. The number of hydrogen-bond donors (Lipinski definition) is 1. The molecule has 0 unspecified atom stereocenters. The van der Waals surface area contributed by atoms with Crippen molar-refractivity contribution in [1.29, 1.82) is 0 Å². The normalized spacial score (nSPS) is 11.0. The second-order valence-corrected chi connectivity index (χ2v) is 7.83. The molecular formula is C28H27N3O3. The average molecular weight is 454 g/mol. The fourth-order valence-corrected chi connectivity index (χ4v) is 3.80. The van der Waals surface area contributed by atoms with Gasteiger partial charge in [-0.1, -0.05) is 55.8 Å². The van der Waals surface area contributed by atoms with Gasteiger partial charge in [-0.15, -0.1) is 0 Å². The number of hydrazone groups is 1. The van der Waals surface area contributed by atoms with E-state index in [1.807, 2.05) is 30.3 Å². The van der Waals surface area contributed by atoms with Crippen molar-refractivity contribution in [1.82, 2.24) is 10.4 Å². The number of carbonyl (C=O) groups is 1. The van der Waals surface area contributed by atoms with Crippen LogP contribution in [0.3, 0.4) is 0 Å². The number of amides is 1. The lowest BCUT2D eigenvalue weighted by Gasteiger charge is -2.10. The molecule has 0 saturated carbocycles. The fraction of sp³-hybridized carbons (Fsp3) is 0.179. The summed E-state index contributed by atoms with van der Waals surface area (Å²) in [7, 11) is 3.17. The van der Waals surface area contributed by atoms with Gasteiger partial charge in [0.05, 0.1) is 37.2 Å². The molecule has 0 aliphatic heterocycles. The zero-order chi connectivity index (χ0) is 23.9. The van der Waals surface area contributed by atoms with Crippen LogP contribution in [0.5, 0.6) is 11.5 Å². The molecule has 0 atom stereocenters. The van der Waals surface area contributed by atoms with Crippen LogP contribution in [0.15, 0.2) is 77.9 Å². The number of aromatic nitrogens is 1. The number of benzene rings is 3. The second-order valence-electron chi connectivity index (χ2n) is 7.83. The number of aryl methyl sites for hydroxylation is 1. The van der Waals surface area contributed by atoms with Crippen LogP contribution in [0, 0.1) is 0 Å². The molecule has 3 aromatic carbocycles. The first-order chi connectivity index (χ1) is 16.6. The minimum Gasteiger partial charge on any atom is -0.497 e. The van der Waals surface area contributed by atoms with Crippen molar-refractivity contribution >= 4 is 23.0 Å². The molecule has 0 radical (unpaired) electrons. The van der Waals surface area contributed by atoms with E-state index in [2.05, 4.69) is 41.7 Å². The van der Waals surface area contributed by atoms with Gasteiger partial charge in [-0.25, -0.2) is 10.4 Å². The van der Waals surface area contributed by atoms with Crippen LogP contribution in [0.2, 0.25) is 0 Å². The fourth-order valence-electron chi connectivity index (χ4n) is 3.80. The van der Waals surface area contributed by atoms with E-state index in [-0.39, 0.29) is 5.91 Å². The van der Waals surface area contributed by atoms with E-state index < -0.39 is 0 Å². The SMILES string of the molecule is CCCc1ccc(-c2cc(C(=O)N/N=C/c3cc(OC)ccc3OC)c3ccccc3n2)cc1. The molecule has 34 heavy (non-hydrogen) atoms. The molecule has 4 rings (SSSR count). The molecule has 6 heteroatoms. The Bertz CT molecular complexity index is 1330. The van der Waals surface area contributed by atoms with Gasteiger partial charge >= 0.3 is 0 Å². The van der Waals surface area contributed by atoms with Gasteiger partial charge in [-0.2, -0.15) is 5.10 Å². The zero-order valence-electron chi connectivity index (χ0n) is 19.5. The number of nitrogens with zero attached hydrogens (tertiary/aromatic N) is 2. The van der Waals surface area contributed by atoms with E-state index in [0.717, 1.165) is 35.0 Å². The Morgan fingerprint density at radius 3 is 2.53 bits per heavy atom. The van der Waals surface area contributed by atoms with Crippen molar-refractivity contribution in [3.63, 3.8) is 0 Å². The smallest absolute Gasteiger partial charge is 0.272 e. The number of hydrogen-bond acceptors (Lipinski definition) is 5. The molecule has 0 aliphatic rings. The number of carbonyl (C=O) groups excluding carboxylic acids is 1. The molecule has 6 nitrogen and oxygen atoms in total. The van der Waals surface area contributed by atoms with E-state index in [1.54, 1.807) is 32.4 Å². The van der Waals surface area contributed by atoms with Crippen LogP contribution < -0.4 is 14.9 Å². The molecule has 0 aliphatic carbocycles. The van der Waals surface area contributed by atoms with Gasteiger partial charge in [0.2, 0.25) is 0 Å². The molecule has 1 amide bonds. The van der Waals surface area contributed by atoms with E-state index in [0.29, 0.717) is 22.6 Å². The highest BCUT2D eigenvalue weighted by Gasteiger charge is 2.14. The summed E-state index contributed by atoms with van der Waals surface area (Å²) < 4.78 is 10.6. The van der Waals surface area contributed by atoms with Crippen LogP contribution >= 0.6 is 0 Å². The Morgan fingerprint density at radius 2 is 1.79 bits per heavy atom. The topological polar surface area (TPSA) is 72.8 Å². The minimum atomic E-state index is -0.319. The van der Waals surface area contributed by atoms with Crippen molar-refractivity contribution in [2.24, 2.45) is 5.10 Å². The Kier molecular flexibility index (Phi) is 7.18. The molecule has 4 aromatic rings. The second kappa shape index (κ2) is 10.6. The molecule has 0 fully saturated rings. The van der Waals surface area contributed by atoms with Crippen LogP contribution in [0.25, 0.3) is 22.2 Å². The van der Waals surface area contributed by atoms with Crippen LogP contribution in [0.1, 0.15) is 34.8 Å². The van der Waals surface area contributed by atoms with E-state index in [9.17, 15) is 4.79 Å². The first-order valence-electron chi connectivity index (χ1n) is 11.2. The number of nitrogens with one attached hydrogen (secondary N) is 1. The lowest BCUT2D eigenvalue weighted by molar-refractivity contribution is 0.0956. The molecule has 1 N–H and O–H groups in total. The molecule has 0 saturated heterocycles. The lowest BCUT2D eigenvalue weighted by Crippen LogP contribution is -2.18. The zero-order valence-corrected chi connectivity index (χ0v) is 19.5. The predicted molar refractivity (Wildman–Crippen MR) is 136 cm³/mol. The predicted octanol–water partition coefficient (Wildman–Crippen LogP) is 5.64. The third kappa shape index (κ3) is 5.07. The first-order valence-corrected chi connectivity index (χ1v) is 11.2. The maximum Gasteiger partial charge on any atom is 0.272 e. The highest BCUT2D eigenvalue weighted by atomic mass is 16.5. The van der Waals surface area contributed by atoms with Crippen molar-refractivity contribution in [3.8, 4) is 22.8 Å². The standard InChI is InChI=1S/C28H27N3O3/c1-4-7-19-10-12-20(13-11-19)26-17-24(23-8-5-6-9-25(23)30-26)28(32)31-29-18-21-16-22(33-2)14-15-27(21)34-3/h5-6,8-18H,4,7H2,1-3H3,(H,31,32)/b29-18+. The monoisotopic (exact) mass is 453 g/mol. The highest BCUT2D eigenvalue weighted by molar-refractivity contribution is 6.07. The van der Waals surface area contributed by atoms with E-state index in [4.69, 9.17) is 14.5 Å². The van der Waals surface area contributed by atoms with Crippen LogP contribution in [0.4, 0.5) is 0 Å². The third-order valence-corrected chi connectivity index (χ3v) is 5.56. The average Bonchev–Trinajstić information content (AvgIpc) is 2.88. The third-order valence-electron chi connectivity index (χ3n) is 5.56.